The molecule has 2 heterocycles. The van der Waals surface area contributed by atoms with Crippen LogP contribution in [0.1, 0.15) is 57.1 Å². The molecule has 180 valence electrons. The summed E-state index contributed by atoms with van der Waals surface area (Å²) in [5.41, 5.74) is 2.21. The zero-order valence-electron chi connectivity index (χ0n) is 19.7. The number of rotatable bonds is 8. The van der Waals surface area contributed by atoms with Crippen molar-refractivity contribution in [2.45, 2.75) is 71.6 Å². The van der Waals surface area contributed by atoms with Gasteiger partial charge in [0.1, 0.15) is 11.9 Å². The lowest BCUT2D eigenvalue weighted by molar-refractivity contribution is -0.134. The van der Waals surface area contributed by atoms with E-state index in [1.54, 1.807) is 0 Å². The van der Waals surface area contributed by atoms with E-state index in [0.29, 0.717) is 32.2 Å². The van der Waals surface area contributed by atoms with E-state index in [-0.39, 0.29) is 36.0 Å². The molecule has 2 saturated heterocycles. The second kappa shape index (κ2) is 13.9. The zero-order chi connectivity index (χ0) is 22.1. The summed E-state index contributed by atoms with van der Waals surface area (Å²) in [6, 6.07) is 6.59. The lowest BCUT2D eigenvalue weighted by atomic mass is 10.0. The maximum absolute atomic E-state index is 12.6. The first-order valence-electron chi connectivity index (χ1n) is 11.7. The van der Waals surface area contributed by atoms with Crippen LogP contribution in [0.15, 0.2) is 23.2 Å². The Balaban J connectivity index is 0.00000363. The van der Waals surface area contributed by atoms with Crippen LogP contribution in [0.5, 0.6) is 5.75 Å². The Morgan fingerprint density at radius 1 is 1.28 bits per heavy atom. The number of guanidine groups is 1. The van der Waals surface area contributed by atoms with Crippen LogP contribution in [0, 0.1) is 6.92 Å². The van der Waals surface area contributed by atoms with E-state index in [2.05, 4.69) is 42.7 Å². The molecule has 2 fully saturated rings. The number of aliphatic imine (C=N–C) groups is 1. The summed E-state index contributed by atoms with van der Waals surface area (Å²) in [6.45, 7) is 10.4. The van der Waals surface area contributed by atoms with Crippen LogP contribution in [0.2, 0.25) is 0 Å². The van der Waals surface area contributed by atoms with Gasteiger partial charge in [-0.25, -0.2) is 4.99 Å². The van der Waals surface area contributed by atoms with Crippen molar-refractivity contribution in [3.63, 3.8) is 0 Å². The van der Waals surface area contributed by atoms with E-state index in [1.807, 2.05) is 11.8 Å². The van der Waals surface area contributed by atoms with Crippen molar-refractivity contribution in [3.05, 3.63) is 29.3 Å². The minimum Gasteiger partial charge on any atom is -0.488 e. The molecule has 32 heavy (non-hydrogen) atoms. The molecule has 2 aliphatic rings. The molecule has 7 nitrogen and oxygen atoms in total. The molecule has 0 bridgehead atoms. The number of nitrogens with one attached hydrogen (secondary N) is 2. The Labute approximate surface area is 209 Å². The number of hydrogen-bond donors (Lipinski definition) is 2. The van der Waals surface area contributed by atoms with E-state index in [9.17, 15) is 4.79 Å². The van der Waals surface area contributed by atoms with Crippen molar-refractivity contribution in [2.75, 3.05) is 32.8 Å². The summed E-state index contributed by atoms with van der Waals surface area (Å²) >= 11 is 0. The number of carbonyl (C=O) groups is 1. The summed E-state index contributed by atoms with van der Waals surface area (Å²) in [7, 11) is 0. The molecule has 8 heteroatoms. The highest BCUT2D eigenvalue weighted by molar-refractivity contribution is 14.0. The van der Waals surface area contributed by atoms with Gasteiger partial charge in [-0.1, -0.05) is 12.1 Å². The van der Waals surface area contributed by atoms with Gasteiger partial charge in [0.2, 0.25) is 5.91 Å². The van der Waals surface area contributed by atoms with Gasteiger partial charge >= 0.3 is 0 Å². The Kier molecular flexibility index (Phi) is 11.6. The Bertz CT molecular complexity index is 753. The van der Waals surface area contributed by atoms with E-state index in [1.165, 1.54) is 6.42 Å². The maximum atomic E-state index is 12.6. The molecule has 0 saturated carbocycles. The molecule has 2 aliphatic heterocycles. The Morgan fingerprint density at radius 3 is 2.84 bits per heavy atom. The van der Waals surface area contributed by atoms with E-state index in [0.717, 1.165) is 61.8 Å². The van der Waals surface area contributed by atoms with Crippen molar-refractivity contribution in [1.29, 1.82) is 0 Å². The number of halogens is 1. The van der Waals surface area contributed by atoms with Crippen LogP contribution in [0.4, 0.5) is 0 Å². The van der Waals surface area contributed by atoms with E-state index in [4.69, 9.17) is 14.5 Å². The summed E-state index contributed by atoms with van der Waals surface area (Å²) in [5, 5.41) is 6.58. The number of nitrogens with zero attached hydrogens (tertiary/aromatic N) is 2. The summed E-state index contributed by atoms with van der Waals surface area (Å²) in [5.74, 6) is 1.82. The van der Waals surface area contributed by atoms with Gasteiger partial charge < -0.3 is 25.0 Å². The Hall–Kier alpha value is -1.55. The van der Waals surface area contributed by atoms with Crippen molar-refractivity contribution < 1.29 is 14.3 Å². The van der Waals surface area contributed by atoms with Gasteiger partial charge in [-0.3, -0.25) is 4.79 Å². The summed E-state index contributed by atoms with van der Waals surface area (Å²) < 4.78 is 11.6. The molecule has 1 aromatic carbocycles. The number of piperidine rings is 1. The maximum Gasteiger partial charge on any atom is 0.224 e. The van der Waals surface area contributed by atoms with Crippen molar-refractivity contribution >= 4 is 35.8 Å². The second-order valence-corrected chi connectivity index (χ2v) is 8.52. The minimum atomic E-state index is 0. The lowest BCUT2D eigenvalue weighted by Crippen LogP contribution is -2.44. The third-order valence-electron chi connectivity index (χ3n) is 5.91. The Morgan fingerprint density at radius 2 is 2.12 bits per heavy atom. The molecule has 2 N–H and O–H groups in total. The first-order chi connectivity index (χ1) is 15.1. The van der Waals surface area contributed by atoms with Gasteiger partial charge in [0.15, 0.2) is 5.96 Å². The monoisotopic (exact) mass is 558 g/mol. The highest BCUT2D eigenvalue weighted by atomic mass is 127. The molecule has 0 radical (unpaired) electrons. The third-order valence-corrected chi connectivity index (χ3v) is 5.91. The summed E-state index contributed by atoms with van der Waals surface area (Å²) in [4.78, 5) is 19.3. The number of aryl methyl sites for hydroxylation is 1. The van der Waals surface area contributed by atoms with Crippen LogP contribution >= 0.6 is 24.0 Å². The fraction of sp³-hybridized carbons (Fsp3) is 0.667. The molecular weight excluding hydrogens is 519 g/mol. The molecule has 0 aromatic heterocycles. The van der Waals surface area contributed by atoms with Crippen LogP contribution in [-0.4, -0.2) is 61.8 Å². The smallest absolute Gasteiger partial charge is 0.224 e. The average Bonchev–Trinajstić information content (AvgIpc) is 3.26. The molecular formula is C24H39IN4O3. The first-order valence-corrected chi connectivity index (χ1v) is 11.7. The predicted octanol–water partition coefficient (Wildman–Crippen LogP) is 3.63. The van der Waals surface area contributed by atoms with Gasteiger partial charge in [-0.05, 0) is 51.7 Å². The van der Waals surface area contributed by atoms with Gasteiger partial charge in [0.25, 0.3) is 0 Å². The number of ether oxygens (including phenoxy) is 2. The fourth-order valence-electron chi connectivity index (χ4n) is 4.09. The van der Waals surface area contributed by atoms with Gasteiger partial charge in [-0.15, -0.1) is 24.0 Å². The van der Waals surface area contributed by atoms with Crippen LogP contribution in [0.25, 0.3) is 0 Å². The minimum absolute atomic E-state index is 0. The summed E-state index contributed by atoms with van der Waals surface area (Å²) in [6.07, 6.45) is 4.95. The largest absolute Gasteiger partial charge is 0.488 e. The highest BCUT2D eigenvalue weighted by Crippen LogP contribution is 2.24. The van der Waals surface area contributed by atoms with Crippen molar-refractivity contribution in [2.24, 2.45) is 4.99 Å². The quantitative estimate of drug-likeness (QED) is 0.290. The highest BCUT2D eigenvalue weighted by Gasteiger charge is 2.22. The number of likely N-dealkylation sites (tertiary alicyclic amines) is 1. The van der Waals surface area contributed by atoms with E-state index >= 15 is 0 Å². The molecule has 2 atom stereocenters. The van der Waals surface area contributed by atoms with E-state index < -0.39 is 0 Å². The van der Waals surface area contributed by atoms with Crippen LogP contribution in [0.3, 0.4) is 0 Å². The lowest BCUT2D eigenvalue weighted by Gasteiger charge is -2.33. The molecule has 2 unspecified atom stereocenters. The van der Waals surface area contributed by atoms with Crippen molar-refractivity contribution in [1.82, 2.24) is 15.5 Å². The SMILES string of the molecule is CCNC(=NCc1ccc(C)cc1OC1CCOC1)NCCC(=O)N1CCCCC1C.I. The molecule has 0 aliphatic carbocycles. The first kappa shape index (κ1) is 26.7. The average molecular weight is 559 g/mol. The van der Waals surface area contributed by atoms with Gasteiger partial charge in [0.05, 0.1) is 19.8 Å². The zero-order valence-corrected chi connectivity index (χ0v) is 22.0. The standard InChI is InChI=1S/C24H38N4O3.HI/c1-4-25-24(26-12-10-23(29)28-13-6-5-7-19(28)3)27-16-20-9-8-18(2)15-22(20)31-21-11-14-30-17-21;/h8-9,15,19,21H,4-7,10-14,16-17H2,1-3H3,(H2,25,26,27);1H. The number of amides is 1. The molecule has 3 rings (SSSR count). The molecule has 1 amide bonds. The topological polar surface area (TPSA) is 75.2 Å². The second-order valence-electron chi connectivity index (χ2n) is 8.52. The molecule has 1 aromatic rings. The predicted molar refractivity (Wildman–Crippen MR) is 139 cm³/mol. The van der Waals surface area contributed by atoms with Gasteiger partial charge in [0, 0.05) is 44.1 Å². The van der Waals surface area contributed by atoms with Crippen LogP contribution in [-0.2, 0) is 16.1 Å². The third kappa shape index (κ3) is 8.10. The number of benzene rings is 1. The number of carbonyl (C=O) groups excluding carboxylic acids is 1. The van der Waals surface area contributed by atoms with Gasteiger partial charge in [-0.2, -0.15) is 0 Å². The fourth-order valence-corrected chi connectivity index (χ4v) is 4.09. The van der Waals surface area contributed by atoms with Crippen LogP contribution < -0.4 is 15.4 Å². The normalized spacial score (nSPS) is 21.1. The molecule has 0 spiro atoms. The number of hydrogen-bond acceptors (Lipinski definition) is 4. The van der Waals surface area contributed by atoms with Crippen molar-refractivity contribution in [3.8, 4) is 5.75 Å².